The predicted octanol–water partition coefficient (Wildman–Crippen LogP) is 3.62. The second kappa shape index (κ2) is 7.90. The Morgan fingerprint density at radius 1 is 1.08 bits per heavy atom. The van der Waals surface area contributed by atoms with E-state index in [9.17, 15) is 13.2 Å². The van der Waals surface area contributed by atoms with E-state index in [1.165, 1.54) is 43.7 Å². The van der Waals surface area contributed by atoms with Crippen LogP contribution in [0.25, 0.3) is 0 Å². The van der Waals surface area contributed by atoms with E-state index >= 15 is 0 Å². The highest BCUT2D eigenvalue weighted by atomic mass is 32.2. The summed E-state index contributed by atoms with van der Waals surface area (Å²) in [5.74, 6) is 0.0439. The number of hydrogen-bond donors (Lipinski definition) is 0. The molecule has 7 heteroatoms. The van der Waals surface area contributed by atoms with Gasteiger partial charge in [0.1, 0.15) is 4.90 Å². The fourth-order valence-corrected chi connectivity index (χ4v) is 4.18. The number of carbonyl (C=O) groups is 1. The van der Waals surface area contributed by atoms with Gasteiger partial charge in [0.25, 0.3) is 0 Å². The summed E-state index contributed by atoms with van der Waals surface area (Å²) in [7, 11) is -0.548. The Labute approximate surface area is 159 Å². The summed E-state index contributed by atoms with van der Waals surface area (Å²) in [6.07, 6.45) is 1.33. The Morgan fingerprint density at radius 3 is 2.23 bits per heavy atom. The molecule has 0 amide bonds. The summed E-state index contributed by atoms with van der Waals surface area (Å²) in [5, 5.41) is 0.296. The van der Waals surface area contributed by atoms with Gasteiger partial charge in [-0.3, -0.25) is 4.79 Å². The Kier molecular flexibility index (Phi) is 6.26. The van der Waals surface area contributed by atoms with E-state index in [1.807, 2.05) is 39.8 Å². The van der Waals surface area contributed by atoms with Crippen molar-refractivity contribution in [1.29, 1.82) is 0 Å². The summed E-state index contributed by atoms with van der Waals surface area (Å²) in [6, 6.07) is 7.12. The molecule has 0 unspecified atom stereocenters. The van der Waals surface area contributed by atoms with Crippen LogP contribution in [0.2, 0.25) is 0 Å². The summed E-state index contributed by atoms with van der Waals surface area (Å²) in [5.41, 5.74) is 3.94. The van der Waals surface area contributed by atoms with E-state index in [1.54, 1.807) is 6.07 Å². The smallest absolute Gasteiger partial charge is 0.244 e. The lowest BCUT2D eigenvalue weighted by molar-refractivity contribution is 0.0993. The molecule has 0 aliphatic carbocycles. The number of sulfonamides is 1. The predicted molar refractivity (Wildman–Crippen MR) is 105 cm³/mol. The molecule has 1 aromatic heterocycles. The van der Waals surface area contributed by atoms with Crippen LogP contribution in [0.3, 0.4) is 0 Å². The van der Waals surface area contributed by atoms with Gasteiger partial charge in [0.15, 0.2) is 5.78 Å². The number of thioether (sulfide) groups is 1. The van der Waals surface area contributed by atoms with Crippen LogP contribution in [-0.4, -0.2) is 42.8 Å². The van der Waals surface area contributed by atoms with Crippen LogP contribution in [0.1, 0.15) is 34.0 Å². The van der Waals surface area contributed by atoms with Crippen molar-refractivity contribution < 1.29 is 13.2 Å². The number of nitrogens with zero attached hydrogens (tertiary/aromatic N) is 2. The van der Waals surface area contributed by atoms with Crippen molar-refractivity contribution in [3.63, 3.8) is 0 Å². The van der Waals surface area contributed by atoms with Crippen LogP contribution in [-0.2, 0) is 10.0 Å². The van der Waals surface area contributed by atoms with Crippen LogP contribution in [0.4, 0.5) is 0 Å². The molecule has 26 heavy (non-hydrogen) atoms. The van der Waals surface area contributed by atoms with E-state index in [2.05, 4.69) is 4.98 Å². The molecule has 0 spiro atoms. The third kappa shape index (κ3) is 4.34. The van der Waals surface area contributed by atoms with Crippen molar-refractivity contribution in [1.82, 2.24) is 9.29 Å². The number of benzene rings is 1. The minimum Gasteiger partial charge on any atom is -0.293 e. The zero-order valence-electron chi connectivity index (χ0n) is 15.9. The quantitative estimate of drug-likeness (QED) is 0.555. The number of pyridine rings is 1. The highest BCUT2D eigenvalue weighted by Gasteiger charge is 2.21. The standard InChI is InChI=1S/C19H24N2O3S2/c1-12-9-14(3)17(10-13(12)2)19(22)15(4)25-18-8-7-16(11-20-18)26(23,24)21(5)6/h7-11,15H,1-6H3/t15-/m0/s1. The summed E-state index contributed by atoms with van der Waals surface area (Å²) < 4.78 is 25.3. The normalized spacial score (nSPS) is 13.0. The van der Waals surface area contributed by atoms with Crippen molar-refractivity contribution in [2.45, 2.75) is 42.9 Å². The van der Waals surface area contributed by atoms with E-state index in [4.69, 9.17) is 0 Å². The molecule has 0 saturated carbocycles. The number of carbonyl (C=O) groups excluding carboxylic acids is 1. The van der Waals surface area contributed by atoms with Crippen LogP contribution in [0.15, 0.2) is 40.4 Å². The minimum atomic E-state index is -3.50. The first kappa shape index (κ1) is 20.6. The first-order chi connectivity index (χ1) is 12.0. The Morgan fingerprint density at radius 2 is 1.69 bits per heavy atom. The molecular weight excluding hydrogens is 368 g/mol. The van der Waals surface area contributed by atoms with Crippen LogP contribution < -0.4 is 0 Å². The van der Waals surface area contributed by atoms with Gasteiger partial charge in [-0.15, -0.1) is 0 Å². The lowest BCUT2D eigenvalue weighted by atomic mass is 9.97. The highest BCUT2D eigenvalue weighted by molar-refractivity contribution is 8.00. The number of hydrogen-bond acceptors (Lipinski definition) is 5. The zero-order valence-corrected chi connectivity index (χ0v) is 17.5. The monoisotopic (exact) mass is 392 g/mol. The maximum Gasteiger partial charge on any atom is 0.244 e. The fraction of sp³-hybridized carbons (Fsp3) is 0.368. The Balaban J connectivity index is 2.19. The van der Waals surface area contributed by atoms with Crippen LogP contribution in [0.5, 0.6) is 0 Å². The van der Waals surface area contributed by atoms with Gasteiger partial charge < -0.3 is 0 Å². The van der Waals surface area contributed by atoms with Crippen molar-refractivity contribution in [2.75, 3.05) is 14.1 Å². The highest BCUT2D eigenvalue weighted by Crippen LogP contribution is 2.27. The summed E-state index contributed by atoms with van der Waals surface area (Å²) in [6.45, 7) is 7.81. The molecule has 2 aromatic rings. The van der Waals surface area contributed by atoms with Gasteiger partial charge in [0.2, 0.25) is 10.0 Å². The van der Waals surface area contributed by atoms with Gasteiger partial charge in [-0.2, -0.15) is 0 Å². The van der Waals surface area contributed by atoms with Crippen LogP contribution >= 0.6 is 11.8 Å². The van der Waals surface area contributed by atoms with Gasteiger partial charge in [-0.1, -0.05) is 17.8 Å². The molecule has 0 aliphatic rings. The van der Waals surface area contributed by atoms with Gasteiger partial charge in [-0.05, 0) is 62.6 Å². The number of ketones is 1. The molecule has 2 rings (SSSR count). The maximum absolute atomic E-state index is 12.8. The Hall–Kier alpha value is -1.70. The van der Waals surface area contributed by atoms with Crippen molar-refractivity contribution in [3.8, 4) is 0 Å². The van der Waals surface area contributed by atoms with Crippen molar-refractivity contribution >= 4 is 27.6 Å². The molecule has 0 bridgehead atoms. The molecule has 1 atom stereocenters. The number of Topliss-reactive ketones (excluding diaryl/α,β-unsaturated/α-hetero) is 1. The van der Waals surface area contributed by atoms with Crippen molar-refractivity contribution in [3.05, 3.63) is 52.7 Å². The molecule has 5 nitrogen and oxygen atoms in total. The SMILES string of the molecule is Cc1cc(C)c(C(=O)[C@H](C)Sc2ccc(S(=O)(=O)N(C)C)cn2)cc1C. The van der Waals surface area contributed by atoms with Gasteiger partial charge in [0, 0.05) is 25.9 Å². The van der Waals surface area contributed by atoms with E-state index in [0.717, 1.165) is 21.0 Å². The molecule has 0 saturated heterocycles. The third-order valence-electron chi connectivity index (χ3n) is 4.26. The first-order valence-corrected chi connectivity index (χ1v) is 10.5. The maximum atomic E-state index is 12.8. The second-order valence-corrected chi connectivity index (χ2v) is 10.0. The lowest BCUT2D eigenvalue weighted by Gasteiger charge is -2.14. The van der Waals surface area contributed by atoms with Crippen LogP contribution in [0, 0.1) is 20.8 Å². The van der Waals surface area contributed by atoms with E-state index in [-0.39, 0.29) is 15.9 Å². The average molecular weight is 393 g/mol. The van der Waals surface area contributed by atoms with Gasteiger partial charge in [-0.25, -0.2) is 17.7 Å². The van der Waals surface area contributed by atoms with E-state index < -0.39 is 10.0 Å². The van der Waals surface area contributed by atoms with E-state index in [0.29, 0.717) is 5.03 Å². The summed E-state index contributed by atoms with van der Waals surface area (Å²) in [4.78, 5) is 17.1. The summed E-state index contributed by atoms with van der Waals surface area (Å²) >= 11 is 1.32. The second-order valence-electron chi connectivity index (χ2n) is 6.50. The van der Waals surface area contributed by atoms with Crippen molar-refractivity contribution in [2.24, 2.45) is 0 Å². The number of aryl methyl sites for hydroxylation is 3. The van der Waals surface area contributed by atoms with Gasteiger partial charge >= 0.3 is 0 Å². The molecule has 1 aromatic carbocycles. The molecular formula is C19H24N2O3S2. The number of aromatic nitrogens is 1. The number of rotatable bonds is 6. The average Bonchev–Trinajstić information content (AvgIpc) is 2.57. The molecule has 140 valence electrons. The fourth-order valence-electron chi connectivity index (χ4n) is 2.48. The molecule has 0 fully saturated rings. The zero-order chi connectivity index (χ0) is 19.6. The lowest BCUT2D eigenvalue weighted by Crippen LogP contribution is -2.22. The first-order valence-electron chi connectivity index (χ1n) is 8.21. The van der Waals surface area contributed by atoms with Gasteiger partial charge in [0.05, 0.1) is 10.3 Å². The molecule has 0 N–H and O–H groups in total. The third-order valence-corrected chi connectivity index (χ3v) is 7.11. The topological polar surface area (TPSA) is 67.3 Å². The molecule has 0 aliphatic heterocycles. The Bertz CT molecular complexity index is 921. The molecule has 0 radical (unpaired) electrons. The molecule has 1 heterocycles. The largest absolute Gasteiger partial charge is 0.293 e. The minimum absolute atomic E-state index is 0.0439.